The number of aryl methyl sites for hydroxylation is 2. The quantitative estimate of drug-likeness (QED) is 0.220. The first-order valence-corrected chi connectivity index (χ1v) is 16.3. The third kappa shape index (κ3) is 9.03. The zero-order valence-electron chi connectivity index (χ0n) is 27.2. The number of para-hydroxylation sites is 2. The van der Waals surface area contributed by atoms with Crippen molar-refractivity contribution in [3.63, 3.8) is 0 Å². The molecule has 9 heteroatoms. The van der Waals surface area contributed by atoms with Gasteiger partial charge in [0, 0.05) is 58.0 Å². The molecule has 0 saturated carbocycles. The summed E-state index contributed by atoms with van der Waals surface area (Å²) in [7, 11) is 0. The molecule has 0 unspecified atom stereocenters. The van der Waals surface area contributed by atoms with Gasteiger partial charge in [0.15, 0.2) is 12.4 Å². The number of rotatable bonds is 9. The lowest BCUT2D eigenvalue weighted by Crippen LogP contribution is -2.40. The Balaban J connectivity index is 1.40. The number of fused-ring (bicyclic) bond motifs is 1. The van der Waals surface area contributed by atoms with Crippen LogP contribution in [-0.4, -0.2) is 64.5 Å². The van der Waals surface area contributed by atoms with E-state index in [1.807, 2.05) is 85.2 Å². The van der Waals surface area contributed by atoms with Crippen LogP contribution in [0.25, 0.3) is 0 Å². The van der Waals surface area contributed by atoms with Crippen LogP contribution >= 0.6 is 0 Å². The number of aromatic nitrogens is 2. The lowest BCUT2D eigenvalue weighted by molar-refractivity contribution is -0.132. The molecule has 0 radical (unpaired) electrons. The predicted octanol–water partition coefficient (Wildman–Crippen LogP) is 6.17. The van der Waals surface area contributed by atoms with E-state index in [0.717, 1.165) is 49.3 Å². The summed E-state index contributed by atoms with van der Waals surface area (Å²) in [5.74, 6) is 1.85. The minimum Gasteiger partial charge on any atom is -0.484 e. The molecule has 5 rings (SSSR count). The molecular weight excluding hydrogens is 578 g/mol. The maximum absolute atomic E-state index is 13.9. The summed E-state index contributed by atoms with van der Waals surface area (Å²) in [5.41, 5.74) is 4.04. The Hall–Kier alpha value is -4.50. The number of hydrogen-bond donors (Lipinski definition) is 0. The molecule has 0 spiro atoms. The Labute approximate surface area is 272 Å². The van der Waals surface area contributed by atoms with E-state index in [4.69, 9.17) is 9.26 Å². The van der Waals surface area contributed by atoms with E-state index < -0.39 is 0 Å². The number of hydrogen-bond acceptors (Lipinski definition) is 7. The van der Waals surface area contributed by atoms with Crippen molar-refractivity contribution in [1.82, 2.24) is 19.9 Å². The van der Waals surface area contributed by atoms with Gasteiger partial charge in [-0.25, -0.2) is 0 Å². The van der Waals surface area contributed by atoms with Gasteiger partial charge in [0.05, 0.1) is 5.69 Å². The van der Waals surface area contributed by atoms with Gasteiger partial charge in [0.25, 0.3) is 5.91 Å². The molecule has 0 aliphatic carbocycles. The van der Waals surface area contributed by atoms with Gasteiger partial charge in [-0.3, -0.25) is 14.5 Å². The smallest absolute Gasteiger partial charge is 0.264 e. The minimum atomic E-state index is -0.110. The fraction of sp³-hybridized carbons (Fsp3) is 0.405. The highest BCUT2D eigenvalue weighted by molar-refractivity contribution is 5.96. The minimum absolute atomic E-state index is 0.0220. The molecule has 0 bridgehead atoms. The molecule has 0 fully saturated rings. The molecule has 46 heavy (non-hydrogen) atoms. The standard InChI is InChI=1S/C37H45N5O4/c1-28(2)37-38-33(46-39-37)19-20-34(43)41-23-11-21-40(25-30-14-6-4-7-15-30)22-12-24-42(36-29(3)13-10-16-31(36)26-41)35(44)27-45-32-17-8-5-9-18-32/h4-10,13-18,28H,11-12,19-27H2,1-3H3. The van der Waals surface area contributed by atoms with Crippen LogP contribution in [0.1, 0.15) is 67.4 Å². The van der Waals surface area contributed by atoms with Crippen molar-refractivity contribution in [2.24, 2.45) is 0 Å². The summed E-state index contributed by atoms with van der Waals surface area (Å²) in [5, 5.41) is 4.05. The largest absolute Gasteiger partial charge is 0.484 e. The van der Waals surface area contributed by atoms with Crippen molar-refractivity contribution in [3.8, 4) is 5.75 Å². The Morgan fingerprint density at radius 2 is 1.59 bits per heavy atom. The molecule has 242 valence electrons. The van der Waals surface area contributed by atoms with Crippen LogP contribution in [0.5, 0.6) is 5.75 Å². The number of anilines is 1. The molecule has 1 aromatic heterocycles. The van der Waals surface area contributed by atoms with Gasteiger partial charge in [0.2, 0.25) is 11.8 Å². The van der Waals surface area contributed by atoms with Crippen LogP contribution in [-0.2, 0) is 29.1 Å². The van der Waals surface area contributed by atoms with Crippen LogP contribution in [0.15, 0.2) is 83.4 Å². The molecule has 2 heterocycles. The van der Waals surface area contributed by atoms with Crippen molar-refractivity contribution in [3.05, 3.63) is 107 Å². The van der Waals surface area contributed by atoms with E-state index in [-0.39, 0.29) is 30.8 Å². The van der Waals surface area contributed by atoms with Crippen molar-refractivity contribution < 1.29 is 18.8 Å². The number of carbonyl (C=O) groups excluding carboxylic acids is 2. The normalized spacial score (nSPS) is 14.8. The summed E-state index contributed by atoms with van der Waals surface area (Å²) in [6.45, 7) is 10.00. The van der Waals surface area contributed by atoms with Gasteiger partial charge < -0.3 is 19.1 Å². The maximum Gasteiger partial charge on any atom is 0.264 e. The Kier molecular flexibility index (Phi) is 11.6. The van der Waals surface area contributed by atoms with E-state index in [1.165, 1.54) is 5.56 Å². The average molecular weight is 624 g/mol. The Morgan fingerprint density at radius 1 is 0.870 bits per heavy atom. The molecule has 2 amide bonds. The molecule has 0 saturated heterocycles. The van der Waals surface area contributed by atoms with Crippen LogP contribution in [0.3, 0.4) is 0 Å². The van der Waals surface area contributed by atoms with Crippen LogP contribution in [0, 0.1) is 6.92 Å². The van der Waals surface area contributed by atoms with Gasteiger partial charge in [-0.15, -0.1) is 0 Å². The molecule has 0 atom stereocenters. The van der Waals surface area contributed by atoms with E-state index in [9.17, 15) is 9.59 Å². The van der Waals surface area contributed by atoms with E-state index >= 15 is 0 Å². The molecule has 9 nitrogen and oxygen atoms in total. The summed E-state index contributed by atoms with van der Waals surface area (Å²) >= 11 is 0. The monoisotopic (exact) mass is 623 g/mol. The second-order valence-electron chi connectivity index (χ2n) is 12.2. The fourth-order valence-electron chi connectivity index (χ4n) is 5.86. The lowest BCUT2D eigenvalue weighted by Gasteiger charge is -2.32. The highest BCUT2D eigenvalue weighted by atomic mass is 16.5. The third-order valence-corrected chi connectivity index (χ3v) is 8.27. The average Bonchev–Trinajstić information content (AvgIpc) is 3.54. The first-order chi connectivity index (χ1) is 22.4. The van der Waals surface area contributed by atoms with Crippen molar-refractivity contribution >= 4 is 17.5 Å². The first-order valence-electron chi connectivity index (χ1n) is 16.3. The highest BCUT2D eigenvalue weighted by Gasteiger charge is 2.25. The molecule has 4 aromatic rings. The summed E-state index contributed by atoms with van der Waals surface area (Å²) in [4.78, 5) is 38.4. The zero-order valence-corrected chi connectivity index (χ0v) is 27.2. The maximum atomic E-state index is 13.9. The van der Waals surface area contributed by atoms with E-state index in [1.54, 1.807) is 0 Å². The van der Waals surface area contributed by atoms with Crippen LogP contribution in [0.2, 0.25) is 0 Å². The molecule has 0 N–H and O–H groups in total. The number of carbonyl (C=O) groups is 2. The van der Waals surface area contributed by atoms with Gasteiger partial charge in [-0.1, -0.05) is 85.7 Å². The summed E-state index contributed by atoms with van der Waals surface area (Å²) in [6, 6.07) is 25.9. The lowest BCUT2D eigenvalue weighted by atomic mass is 10.0. The molecular formula is C37H45N5O4. The van der Waals surface area contributed by atoms with Gasteiger partial charge in [-0.05, 0) is 48.6 Å². The summed E-state index contributed by atoms with van der Waals surface area (Å²) in [6.07, 6.45) is 2.30. The summed E-state index contributed by atoms with van der Waals surface area (Å²) < 4.78 is 11.3. The Morgan fingerprint density at radius 3 is 2.30 bits per heavy atom. The van der Waals surface area contributed by atoms with Gasteiger partial charge in [-0.2, -0.15) is 4.98 Å². The number of ether oxygens (including phenoxy) is 1. The number of benzene rings is 3. The fourth-order valence-corrected chi connectivity index (χ4v) is 5.86. The van der Waals surface area contributed by atoms with E-state index in [0.29, 0.717) is 43.5 Å². The van der Waals surface area contributed by atoms with Crippen LogP contribution in [0.4, 0.5) is 5.69 Å². The van der Waals surface area contributed by atoms with Crippen molar-refractivity contribution in [2.75, 3.05) is 37.7 Å². The molecule has 1 aliphatic rings. The molecule has 1 aliphatic heterocycles. The zero-order chi connectivity index (χ0) is 32.3. The van der Waals surface area contributed by atoms with E-state index in [2.05, 4.69) is 39.3 Å². The van der Waals surface area contributed by atoms with Crippen molar-refractivity contribution in [1.29, 1.82) is 0 Å². The topological polar surface area (TPSA) is 92.0 Å². The third-order valence-electron chi connectivity index (χ3n) is 8.27. The predicted molar refractivity (Wildman–Crippen MR) is 179 cm³/mol. The second-order valence-corrected chi connectivity index (χ2v) is 12.2. The molecule has 3 aromatic carbocycles. The van der Waals surface area contributed by atoms with Crippen molar-refractivity contribution in [2.45, 2.75) is 65.5 Å². The number of amides is 2. The SMILES string of the molecule is Cc1cccc2c1N(C(=O)COc1ccccc1)CCCN(Cc1ccccc1)CCCN(C(=O)CCc1nc(C(C)C)no1)C2. The van der Waals surface area contributed by atoms with Gasteiger partial charge in [0.1, 0.15) is 5.75 Å². The second kappa shape index (κ2) is 16.2. The van der Waals surface area contributed by atoms with Crippen LogP contribution < -0.4 is 9.64 Å². The highest BCUT2D eigenvalue weighted by Crippen LogP contribution is 2.28. The van der Waals surface area contributed by atoms with Gasteiger partial charge >= 0.3 is 0 Å². The first kappa shape index (κ1) is 32.9. The Bertz CT molecular complexity index is 1560. The number of nitrogens with zero attached hydrogens (tertiary/aromatic N) is 5.